The molecule has 1 aromatic heterocycles. The third-order valence-corrected chi connectivity index (χ3v) is 8.14. The number of carbonyl (C=O) groups is 1. The van der Waals surface area contributed by atoms with Gasteiger partial charge in [-0.3, -0.25) is 14.7 Å². The number of pyridine rings is 1. The summed E-state index contributed by atoms with van der Waals surface area (Å²) < 4.78 is 11.7. The number of aryl methyl sites for hydroxylation is 3. The molecular formula is C30H40N2O4. The van der Waals surface area contributed by atoms with E-state index in [0.29, 0.717) is 12.5 Å². The molecule has 194 valence electrons. The van der Waals surface area contributed by atoms with Gasteiger partial charge < -0.3 is 14.6 Å². The summed E-state index contributed by atoms with van der Waals surface area (Å²) in [5.74, 6) is -0.399. The number of hydrogen-bond acceptors (Lipinski definition) is 5. The van der Waals surface area contributed by atoms with Gasteiger partial charge in [-0.25, -0.2) is 0 Å². The third-order valence-electron chi connectivity index (χ3n) is 8.14. The van der Waals surface area contributed by atoms with E-state index >= 15 is 0 Å². The Morgan fingerprint density at radius 3 is 2.78 bits per heavy atom. The van der Waals surface area contributed by atoms with Crippen molar-refractivity contribution in [2.45, 2.75) is 82.3 Å². The number of unbranched alkanes of at least 4 members (excludes halogenated alkanes) is 1. The number of nitrogens with zero attached hydrogens (tertiary/aromatic N) is 2. The van der Waals surface area contributed by atoms with Gasteiger partial charge in [0.2, 0.25) is 0 Å². The molecular weight excluding hydrogens is 452 g/mol. The van der Waals surface area contributed by atoms with Crippen LogP contribution in [0.15, 0.2) is 36.4 Å². The number of ether oxygens (including phenoxy) is 2. The van der Waals surface area contributed by atoms with Crippen molar-refractivity contribution in [1.82, 2.24) is 9.88 Å². The number of rotatable bonds is 10. The Labute approximate surface area is 215 Å². The predicted octanol–water partition coefficient (Wildman–Crippen LogP) is 5.09. The van der Waals surface area contributed by atoms with Crippen LogP contribution in [0.1, 0.15) is 85.0 Å². The van der Waals surface area contributed by atoms with E-state index in [2.05, 4.69) is 23.1 Å². The topological polar surface area (TPSA) is 71.9 Å². The molecule has 3 aliphatic rings. The summed E-state index contributed by atoms with van der Waals surface area (Å²) in [7, 11) is 0. The number of carboxylic acid groups (broad SMARTS) is 1. The van der Waals surface area contributed by atoms with Gasteiger partial charge in [0.25, 0.3) is 0 Å². The Morgan fingerprint density at radius 1 is 1.08 bits per heavy atom. The molecule has 2 saturated heterocycles. The molecule has 1 unspecified atom stereocenters. The average molecular weight is 493 g/mol. The molecule has 6 heteroatoms. The van der Waals surface area contributed by atoms with Crippen molar-refractivity contribution >= 4 is 5.97 Å². The smallest absolute Gasteiger partial charge is 0.325 e. The van der Waals surface area contributed by atoms with Crippen molar-refractivity contribution in [2.24, 2.45) is 0 Å². The molecule has 1 aromatic carbocycles. The fraction of sp³-hybridized carbons (Fsp3) is 0.600. The summed E-state index contributed by atoms with van der Waals surface area (Å²) in [6, 6.07) is 12.0. The lowest BCUT2D eigenvalue weighted by molar-refractivity contribution is -0.143. The highest BCUT2D eigenvalue weighted by Gasteiger charge is 2.36. The summed E-state index contributed by atoms with van der Waals surface area (Å²) in [5, 5.41) is 10.2. The largest absolute Gasteiger partial charge is 0.480 e. The standard InChI is InChI=1S/C30H40N2O4/c33-30(34)29(27-10-3-2-9-26(27)22-15-19-35-20-16-22)32-17-14-25(21-32)36-18-6-5-8-24-13-12-23-7-1-4-11-28(23)31-24/h2-3,9-10,12-13,22,25,29H,1,4-8,11,14-21H2,(H,33,34)/t25-,29?/m1/s1. The molecule has 0 spiro atoms. The maximum absolute atomic E-state index is 12.4. The first kappa shape index (κ1) is 25.4. The maximum atomic E-state index is 12.4. The molecule has 2 aromatic rings. The van der Waals surface area contributed by atoms with E-state index in [1.807, 2.05) is 18.2 Å². The average Bonchev–Trinajstić information content (AvgIpc) is 3.37. The van der Waals surface area contributed by atoms with E-state index in [1.165, 1.54) is 41.8 Å². The normalized spacial score (nSPS) is 21.8. The lowest BCUT2D eigenvalue weighted by atomic mass is 9.85. The number of likely N-dealkylation sites (tertiary alicyclic amines) is 1. The van der Waals surface area contributed by atoms with Gasteiger partial charge in [-0.15, -0.1) is 0 Å². The van der Waals surface area contributed by atoms with Crippen molar-refractivity contribution in [3.63, 3.8) is 0 Å². The summed E-state index contributed by atoms with van der Waals surface area (Å²) in [6.07, 6.45) is 10.8. The first-order valence-corrected chi connectivity index (χ1v) is 13.9. The van der Waals surface area contributed by atoms with Gasteiger partial charge in [-0.05, 0) is 92.9 Å². The second-order valence-corrected chi connectivity index (χ2v) is 10.6. The van der Waals surface area contributed by atoms with Gasteiger partial charge in [0, 0.05) is 44.3 Å². The minimum Gasteiger partial charge on any atom is -0.480 e. The second-order valence-electron chi connectivity index (χ2n) is 10.6. The van der Waals surface area contributed by atoms with Crippen molar-refractivity contribution in [1.29, 1.82) is 0 Å². The first-order chi connectivity index (χ1) is 17.7. The van der Waals surface area contributed by atoms with Gasteiger partial charge in [-0.2, -0.15) is 0 Å². The van der Waals surface area contributed by atoms with Crippen molar-refractivity contribution in [3.05, 3.63) is 64.5 Å². The molecule has 2 atom stereocenters. The number of benzene rings is 1. The van der Waals surface area contributed by atoms with Crippen molar-refractivity contribution < 1.29 is 19.4 Å². The zero-order chi connectivity index (χ0) is 24.7. The van der Waals surface area contributed by atoms with Gasteiger partial charge in [-0.1, -0.05) is 30.3 Å². The SMILES string of the molecule is O=C(O)C(c1ccccc1C1CCOCC1)N1CC[C@@H](OCCCCc2ccc3c(n2)CCCC3)C1. The number of aliphatic carboxylic acids is 1. The van der Waals surface area contributed by atoms with Crippen LogP contribution in [0.3, 0.4) is 0 Å². The van der Waals surface area contributed by atoms with Crippen LogP contribution >= 0.6 is 0 Å². The zero-order valence-electron chi connectivity index (χ0n) is 21.4. The highest BCUT2D eigenvalue weighted by molar-refractivity contribution is 5.76. The van der Waals surface area contributed by atoms with Gasteiger partial charge in [0.05, 0.1) is 6.10 Å². The number of hydrogen-bond donors (Lipinski definition) is 1. The van der Waals surface area contributed by atoms with Crippen LogP contribution in [-0.4, -0.2) is 60.0 Å². The van der Waals surface area contributed by atoms with E-state index in [-0.39, 0.29) is 6.10 Å². The Balaban J connectivity index is 1.11. The van der Waals surface area contributed by atoms with Crippen LogP contribution in [0.4, 0.5) is 0 Å². The lowest BCUT2D eigenvalue weighted by Gasteiger charge is -2.30. The molecule has 36 heavy (non-hydrogen) atoms. The highest BCUT2D eigenvalue weighted by Crippen LogP contribution is 2.36. The molecule has 0 bridgehead atoms. The Hall–Kier alpha value is -2.28. The minimum absolute atomic E-state index is 0.101. The maximum Gasteiger partial charge on any atom is 0.325 e. The molecule has 2 aliphatic heterocycles. The fourth-order valence-corrected chi connectivity index (χ4v) is 6.18. The van der Waals surface area contributed by atoms with E-state index in [1.54, 1.807) is 0 Å². The molecule has 0 amide bonds. The fourth-order valence-electron chi connectivity index (χ4n) is 6.18. The van der Waals surface area contributed by atoms with Crippen LogP contribution < -0.4 is 0 Å². The van der Waals surface area contributed by atoms with E-state index in [4.69, 9.17) is 14.5 Å². The second kappa shape index (κ2) is 12.3. The predicted molar refractivity (Wildman–Crippen MR) is 139 cm³/mol. The lowest BCUT2D eigenvalue weighted by Crippen LogP contribution is -2.34. The molecule has 3 heterocycles. The van der Waals surface area contributed by atoms with E-state index in [9.17, 15) is 9.90 Å². The minimum atomic E-state index is -0.771. The molecule has 6 nitrogen and oxygen atoms in total. The van der Waals surface area contributed by atoms with Crippen molar-refractivity contribution in [2.75, 3.05) is 32.9 Å². The van der Waals surface area contributed by atoms with Crippen LogP contribution in [0.5, 0.6) is 0 Å². The molecule has 0 saturated carbocycles. The molecule has 2 fully saturated rings. The summed E-state index contributed by atoms with van der Waals surface area (Å²) >= 11 is 0. The molecule has 0 radical (unpaired) electrons. The Bertz CT molecular complexity index is 1020. The van der Waals surface area contributed by atoms with Gasteiger partial charge in [0.15, 0.2) is 0 Å². The molecule has 1 aliphatic carbocycles. The molecule has 1 N–H and O–H groups in total. The monoisotopic (exact) mass is 492 g/mol. The summed E-state index contributed by atoms with van der Waals surface area (Å²) in [4.78, 5) is 19.4. The Kier molecular flexibility index (Phi) is 8.67. The zero-order valence-corrected chi connectivity index (χ0v) is 21.4. The van der Waals surface area contributed by atoms with E-state index in [0.717, 1.165) is 76.9 Å². The highest BCUT2D eigenvalue weighted by atomic mass is 16.5. The third kappa shape index (κ3) is 6.16. The van der Waals surface area contributed by atoms with Crippen LogP contribution in [0.25, 0.3) is 0 Å². The van der Waals surface area contributed by atoms with Gasteiger partial charge >= 0.3 is 5.97 Å². The van der Waals surface area contributed by atoms with Crippen molar-refractivity contribution in [3.8, 4) is 0 Å². The van der Waals surface area contributed by atoms with Crippen LogP contribution in [0, 0.1) is 0 Å². The number of aromatic nitrogens is 1. The Morgan fingerprint density at radius 2 is 1.92 bits per heavy atom. The summed E-state index contributed by atoms with van der Waals surface area (Å²) in [5.41, 5.74) is 6.07. The number of fused-ring (bicyclic) bond motifs is 1. The quantitative estimate of drug-likeness (QED) is 0.466. The first-order valence-electron chi connectivity index (χ1n) is 13.9. The van der Waals surface area contributed by atoms with Crippen LogP contribution in [-0.2, 0) is 33.5 Å². The van der Waals surface area contributed by atoms with Gasteiger partial charge in [0.1, 0.15) is 6.04 Å². The number of carboxylic acids is 1. The van der Waals surface area contributed by atoms with Crippen LogP contribution in [0.2, 0.25) is 0 Å². The summed E-state index contributed by atoms with van der Waals surface area (Å²) in [6.45, 7) is 3.64. The van der Waals surface area contributed by atoms with E-state index < -0.39 is 12.0 Å². The molecule has 5 rings (SSSR count).